The number of Topliss-reactive ketones (excluding diaryl/α,β-unsaturated/α-hetero) is 1. The summed E-state index contributed by atoms with van der Waals surface area (Å²) < 4.78 is 26.9. The van der Waals surface area contributed by atoms with E-state index in [1.54, 1.807) is 0 Å². The van der Waals surface area contributed by atoms with Crippen molar-refractivity contribution < 1.29 is 13.6 Å². The topological polar surface area (TPSA) is 29.1 Å². The van der Waals surface area contributed by atoms with E-state index in [2.05, 4.69) is 21.2 Å². The van der Waals surface area contributed by atoms with E-state index in [0.717, 1.165) is 6.07 Å². The molecule has 1 aromatic carbocycles. The maximum absolute atomic E-state index is 13.5. The Morgan fingerprint density at radius 2 is 2.12 bits per heavy atom. The van der Waals surface area contributed by atoms with Gasteiger partial charge in [0, 0.05) is 12.0 Å². The van der Waals surface area contributed by atoms with Gasteiger partial charge >= 0.3 is 0 Å². The highest BCUT2D eigenvalue weighted by Gasteiger charge is 2.15. The lowest BCUT2D eigenvalue weighted by Gasteiger charge is -2.06. The van der Waals surface area contributed by atoms with E-state index in [0.29, 0.717) is 6.54 Å². The van der Waals surface area contributed by atoms with Gasteiger partial charge in [0.2, 0.25) is 0 Å². The monoisotopic (exact) mass is 291 g/mol. The minimum atomic E-state index is -0.704. The Morgan fingerprint density at radius 3 is 2.75 bits per heavy atom. The first-order chi connectivity index (χ1) is 7.56. The lowest BCUT2D eigenvalue weighted by molar-refractivity contribution is -0.117. The minimum Gasteiger partial charge on any atom is -0.310 e. The molecule has 0 saturated carbocycles. The molecule has 0 atom stereocenters. The van der Waals surface area contributed by atoms with Crippen LogP contribution in [-0.4, -0.2) is 18.9 Å². The number of halogens is 3. The summed E-state index contributed by atoms with van der Waals surface area (Å²) in [5, 5.41) is 2.82. The number of rotatable bonds is 5. The third kappa shape index (κ3) is 3.35. The van der Waals surface area contributed by atoms with Gasteiger partial charge in [-0.05, 0) is 34.6 Å². The number of hydrogen-bond acceptors (Lipinski definition) is 2. The molecule has 0 fully saturated rings. The molecule has 88 valence electrons. The maximum atomic E-state index is 13.5. The Balaban J connectivity index is 2.80. The summed E-state index contributed by atoms with van der Waals surface area (Å²) in [6.07, 6.45) is -0.232. The molecule has 5 heteroatoms. The lowest BCUT2D eigenvalue weighted by Crippen LogP contribution is -2.24. The third-order valence-electron chi connectivity index (χ3n) is 2.09. The number of ketones is 1. The van der Waals surface area contributed by atoms with E-state index < -0.39 is 11.6 Å². The molecule has 16 heavy (non-hydrogen) atoms. The predicted octanol–water partition coefficient (Wildman–Crippen LogP) is 2.45. The van der Waals surface area contributed by atoms with Crippen molar-refractivity contribution in [2.24, 2.45) is 0 Å². The molecule has 0 radical (unpaired) electrons. The molecule has 0 unspecified atom stereocenters. The number of likely N-dealkylation sites (N-methyl/N-ethyl adjacent to an activating group) is 1. The zero-order valence-electron chi connectivity index (χ0n) is 8.82. The van der Waals surface area contributed by atoms with Crippen molar-refractivity contribution in [3.05, 3.63) is 33.8 Å². The molecule has 0 aliphatic rings. The van der Waals surface area contributed by atoms with Crippen molar-refractivity contribution in [1.29, 1.82) is 0 Å². The second-order valence-electron chi connectivity index (χ2n) is 3.32. The van der Waals surface area contributed by atoms with Gasteiger partial charge in [-0.2, -0.15) is 0 Å². The van der Waals surface area contributed by atoms with Gasteiger partial charge in [0.05, 0.1) is 11.0 Å². The summed E-state index contributed by atoms with van der Waals surface area (Å²) in [6, 6.07) is 2.42. The second kappa shape index (κ2) is 6.06. The molecule has 2 nitrogen and oxygen atoms in total. The molecule has 0 heterocycles. The summed E-state index contributed by atoms with van der Waals surface area (Å²) in [5.74, 6) is -1.63. The quantitative estimate of drug-likeness (QED) is 0.845. The van der Waals surface area contributed by atoms with Crippen LogP contribution in [0.4, 0.5) is 8.78 Å². The van der Waals surface area contributed by atoms with Gasteiger partial charge in [-0.25, -0.2) is 8.78 Å². The molecule has 0 bridgehead atoms. The van der Waals surface area contributed by atoms with Gasteiger partial charge < -0.3 is 5.32 Å². The van der Waals surface area contributed by atoms with E-state index in [4.69, 9.17) is 0 Å². The molecular formula is C11H12BrF2NO. The minimum absolute atomic E-state index is 0.127. The van der Waals surface area contributed by atoms with Gasteiger partial charge in [0.15, 0.2) is 5.78 Å². The lowest BCUT2D eigenvalue weighted by atomic mass is 10.1. The standard InChI is InChI=1S/C11H12BrF2NO/c1-2-15-6-7(16)5-8-10(13)4-3-9(12)11(8)14/h3-4,15H,2,5-6H2,1H3. The highest BCUT2D eigenvalue weighted by Crippen LogP contribution is 2.21. The van der Waals surface area contributed by atoms with Gasteiger partial charge in [0.25, 0.3) is 0 Å². The Bertz CT molecular complexity index is 396. The van der Waals surface area contributed by atoms with Crippen LogP contribution in [0, 0.1) is 11.6 Å². The van der Waals surface area contributed by atoms with Crippen LogP contribution in [0.3, 0.4) is 0 Å². The first-order valence-electron chi connectivity index (χ1n) is 4.91. The van der Waals surface area contributed by atoms with Gasteiger partial charge in [-0.3, -0.25) is 4.79 Å². The molecule has 0 spiro atoms. The summed E-state index contributed by atoms with van der Waals surface area (Å²) >= 11 is 2.95. The smallest absolute Gasteiger partial charge is 0.151 e. The number of nitrogens with one attached hydrogen (secondary N) is 1. The SMILES string of the molecule is CCNCC(=O)Cc1c(F)ccc(Br)c1F. The van der Waals surface area contributed by atoms with Gasteiger partial charge in [0.1, 0.15) is 11.6 Å². The molecule has 1 rings (SSSR count). The first-order valence-corrected chi connectivity index (χ1v) is 5.70. The van der Waals surface area contributed by atoms with Crippen LogP contribution in [0.5, 0.6) is 0 Å². The van der Waals surface area contributed by atoms with E-state index in [1.807, 2.05) is 6.92 Å². The Morgan fingerprint density at radius 1 is 1.44 bits per heavy atom. The van der Waals surface area contributed by atoms with Gasteiger partial charge in [-0.15, -0.1) is 0 Å². The normalized spacial score (nSPS) is 10.5. The highest BCUT2D eigenvalue weighted by atomic mass is 79.9. The summed E-state index contributed by atoms with van der Waals surface area (Å²) in [5.41, 5.74) is -0.183. The zero-order chi connectivity index (χ0) is 12.1. The van der Waals surface area contributed by atoms with Crippen LogP contribution in [-0.2, 0) is 11.2 Å². The Hall–Kier alpha value is -0.810. The zero-order valence-corrected chi connectivity index (χ0v) is 10.4. The van der Waals surface area contributed by atoms with Crippen molar-refractivity contribution in [1.82, 2.24) is 5.32 Å². The molecule has 0 amide bonds. The molecule has 0 aliphatic carbocycles. The van der Waals surface area contributed by atoms with Crippen molar-refractivity contribution in [2.75, 3.05) is 13.1 Å². The fraction of sp³-hybridized carbons (Fsp3) is 0.364. The molecule has 1 aromatic rings. The van der Waals surface area contributed by atoms with Crippen LogP contribution in [0.25, 0.3) is 0 Å². The maximum Gasteiger partial charge on any atom is 0.151 e. The third-order valence-corrected chi connectivity index (χ3v) is 2.70. The van der Waals surface area contributed by atoms with Crippen LogP contribution in [0.15, 0.2) is 16.6 Å². The Kier molecular flexibility index (Phi) is 5.02. The molecular weight excluding hydrogens is 280 g/mol. The molecule has 0 saturated heterocycles. The first kappa shape index (κ1) is 13.3. The summed E-state index contributed by atoms with van der Waals surface area (Å²) in [4.78, 5) is 11.4. The van der Waals surface area contributed by atoms with Crippen LogP contribution >= 0.6 is 15.9 Å². The van der Waals surface area contributed by atoms with Crippen LogP contribution in [0.2, 0.25) is 0 Å². The average Bonchev–Trinajstić information content (AvgIpc) is 2.27. The molecule has 1 N–H and O–H groups in total. The number of hydrogen-bond donors (Lipinski definition) is 1. The summed E-state index contributed by atoms with van der Waals surface area (Å²) in [6.45, 7) is 2.63. The van der Waals surface area contributed by atoms with E-state index in [9.17, 15) is 13.6 Å². The van der Waals surface area contributed by atoms with E-state index in [-0.39, 0.29) is 28.8 Å². The number of benzene rings is 1. The van der Waals surface area contributed by atoms with Crippen LogP contribution < -0.4 is 5.32 Å². The number of carbonyl (C=O) groups excluding carboxylic acids is 1. The largest absolute Gasteiger partial charge is 0.310 e. The van der Waals surface area contributed by atoms with E-state index >= 15 is 0 Å². The molecule has 0 aliphatic heterocycles. The second-order valence-corrected chi connectivity index (χ2v) is 4.17. The summed E-state index contributed by atoms with van der Waals surface area (Å²) in [7, 11) is 0. The van der Waals surface area contributed by atoms with Crippen LogP contribution in [0.1, 0.15) is 12.5 Å². The Labute approximate surface area is 101 Å². The molecule has 0 aromatic heterocycles. The van der Waals surface area contributed by atoms with Crippen molar-refractivity contribution in [3.8, 4) is 0 Å². The average molecular weight is 292 g/mol. The fourth-order valence-corrected chi connectivity index (χ4v) is 1.63. The van der Waals surface area contributed by atoms with Crippen molar-refractivity contribution in [2.45, 2.75) is 13.3 Å². The van der Waals surface area contributed by atoms with Gasteiger partial charge in [-0.1, -0.05) is 6.92 Å². The van der Waals surface area contributed by atoms with E-state index in [1.165, 1.54) is 6.07 Å². The van der Waals surface area contributed by atoms with Crippen molar-refractivity contribution >= 4 is 21.7 Å². The fourth-order valence-electron chi connectivity index (χ4n) is 1.26. The highest BCUT2D eigenvalue weighted by molar-refractivity contribution is 9.10. The number of carbonyl (C=O) groups is 1. The predicted molar refractivity (Wildman–Crippen MR) is 61.3 cm³/mol. The van der Waals surface area contributed by atoms with Crippen molar-refractivity contribution in [3.63, 3.8) is 0 Å².